The normalized spacial score (nSPS) is 12.8. The second-order valence-corrected chi connectivity index (χ2v) is 3.38. The molecule has 0 unspecified atom stereocenters. The van der Waals surface area contributed by atoms with Crippen molar-refractivity contribution in [3.63, 3.8) is 0 Å². The van der Waals surface area contributed by atoms with Crippen molar-refractivity contribution in [3.05, 3.63) is 0 Å². The molecule has 78 valence electrons. The third kappa shape index (κ3) is 6.42. The average molecular weight is 198 g/mol. The number of carbonyl (C=O) groups is 1. The van der Waals surface area contributed by atoms with E-state index in [1.165, 1.54) is 0 Å². The topological polar surface area (TPSA) is 26.3 Å². The molecule has 0 saturated carbocycles. The zero-order chi connectivity index (χ0) is 10.7. The maximum Gasteiger partial charge on any atom is 0.399 e. The quantitative estimate of drug-likeness (QED) is 0.651. The second kappa shape index (κ2) is 3.98. The van der Waals surface area contributed by atoms with Gasteiger partial charge in [0.05, 0.1) is 0 Å². The van der Waals surface area contributed by atoms with Gasteiger partial charge in [-0.3, -0.25) is 4.79 Å². The van der Waals surface area contributed by atoms with Gasteiger partial charge in [-0.1, -0.05) is 6.92 Å². The first-order valence-electron chi connectivity index (χ1n) is 3.95. The zero-order valence-electron chi connectivity index (χ0n) is 7.86. The van der Waals surface area contributed by atoms with Gasteiger partial charge < -0.3 is 4.74 Å². The number of hydrogen-bond acceptors (Lipinski definition) is 2. The molecule has 0 saturated heterocycles. The summed E-state index contributed by atoms with van der Waals surface area (Å²) in [6, 6.07) is 0. The summed E-state index contributed by atoms with van der Waals surface area (Å²) in [5.74, 6) is -1.22. The molecule has 2 nitrogen and oxygen atoms in total. The van der Waals surface area contributed by atoms with E-state index in [1.54, 1.807) is 20.8 Å². The van der Waals surface area contributed by atoms with Crippen molar-refractivity contribution in [2.75, 3.05) is 0 Å². The first-order valence-corrected chi connectivity index (χ1v) is 3.95. The highest BCUT2D eigenvalue weighted by Gasteiger charge is 2.34. The van der Waals surface area contributed by atoms with E-state index in [9.17, 15) is 18.0 Å². The highest BCUT2D eigenvalue weighted by atomic mass is 19.4. The maximum atomic E-state index is 11.7. The number of alkyl halides is 3. The summed E-state index contributed by atoms with van der Waals surface area (Å²) in [6.45, 7) is 4.88. The maximum absolute atomic E-state index is 11.7. The van der Waals surface area contributed by atoms with E-state index in [4.69, 9.17) is 0 Å². The number of hydrogen-bond donors (Lipinski definition) is 0. The molecule has 0 spiro atoms. The molecular formula is C8H13F3O2. The Morgan fingerprint density at radius 2 is 1.77 bits per heavy atom. The van der Waals surface area contributed by atoms with E-state index < -0.39 is 24.2 Å². The van der Waals surface area contributed by atoms with E-state index in [0.717, 1.165) is 0 Å². The lowest BCUT2D eigenvalue weighted by molar-refractivity contribution is -0.181. The summed E-state index contributed by atoms with van der Waals surface area (Å²) in [5, 5.41) is 0. The van der Waals surface area contributed by atoms with Crippen LogP contribution in [-0.4, -0.2) is 17.7 Å². The van der Waals surface area contributed by atoms with Gasteiger partial charge in [0.25, 0.3) is 0 Å². The minimum atomic E-state index is -4.49. The number of halogens is 3. The minimum Gasteiger partial charge on any atom is -0.459 e. The lowest BCUT2D eigenvalue weighted by Gasteiger charge is -2.23. The average Bonchev–Trinajstić information content (AvgIpc) is 1.81. The monoisotopic (exact) mass is 198 g/mol. The number of ether oxygens (including phenoxy) is 1. The molecule has 0 aromatic heterocycles. The Balaban J connectivity index is 4.03. The predicted octanol–water partition coefficient (Wildman–Crippen LogP) is 2.67. The molecule has 0 rings (SSSR count). The molecular weight excluding hydrogens is 185 g/mol. The standard InChI is InChI=1S/C8H13F3O2/c1-4-7(2,3)13-6(12)5-8(9,10)11/h4-5H2,1-3H3. The summed E-state index contributed by atoms with van der Waals surface area (Å²) in [4.78, 5) is 10.7. The highest BCUT2D eigenvalue weighted by molar-refractivity contribution is 5.70. The van der Waals surface area contributed by atoms with Gasteiger partial charge in [0.1, 0.15) is 12.0 Å². The zero-order valence-corrected chi connectivity index (χ0v) is 7.86. The number of esters is 1. The Morgan fingerprint density at radius 1 is 1.31 bits per heavy atom. The van der Waals surface area contributed by atoms with Crippen molar-refractivity contribution < 1.29 is 22.7 Å². The molecule has 0 amide bonds. The molecule has 0 fully saturated rings. The molecule has 0 aliphatic carbocycles. The van der Waals surface area contributed by atoms with Crippen LogP contribution in [0.5, 0.6) is 0 Å². The fraction of sp³-hybridized carbons (Fsp3) is 0.875. The minimum absolute atomic E-state index is 0.483. The fourth-order valence-electron chi connectivity index (χ4n) is 0.580. The Hall–Kier alpha value is -0.740. The van der Waals surface area contributed by atoms with Crippen molar-refractivity contribution in [2.24, 2.45) is 0 Å². The van der Waals surface area contributed by atoms with E-state index in [2.05, 4.69) is 4.74 Å². The van der Waals surface area contributed by atoms with Crippen LogP contribution >= 0.6 is 0 Å². The summed E-state index contributed by atoms with van der Waals surface area (Å²) in [6.07, 6.45) is -5.52. The van der Waals surface area contributed by atoms with Crippen molar-refractivity contribution in [2.45, 2.75) is 45.4 Å². The van der Waals surface area contributed by atoms with Crippen molar-refractivity contribution in [3.8, 4) is 0 Å². The SMILES string of the molecule is CCC(C)(C)OC(=O)CC(F)(F)F. The van der Waals surface area contributed by atoms with Gasteiger partial charge in [0.15, 0.2) is 0 Å². The van der Waals surface area contributed by atoms with Gasteiger partial charge in [0, 0.05) is 0 Å². The summed E-state index contributed by atoms with van der Waals surface area (Å²) in [5.41, 5.74) is -0.817. The van der Waals surface area contributed by atoms with Crippen LogP contribution in [-0.2, 0) is 9.53 Å². The van der Waals surface area contributed by atoms with Crippen LogP contribution in [0.1, 0.15) is 33.6 Å². The summed E-state index contributed by atoms with van der Waals surface area (Å²) >= 11 is 0. The van der Waals surface area contributed by atoms with Crippen molar-refractivity contribution in [1.82, 2.24) is 0 Å². The Labute approximate surface area is 75.1 Å². The largest absolute Gasteiger partial charge is 0.459 e. The fourth-order valence-corrected chi connectivity index (χ4v) is 0.580. The summed E-state index contributed by atoms with van der Waals surface area (Å²) < 4.78 is 39.7. The third-order valence-electron chi connectivity index (χ3n) is 1.59. The first kappa shape index (κ1) is 12.3. The van der Waals surface area contributed by atoms with Crippen LogP contribution in [0.15, 0.2) is 0 Å². The second-order valence-electron chi connectivity index (χ2n) is 3.38. The molecule has 0 aromatic carbocycles. The highest BCUT2D eigenvalue weighted by Crippen LogP contribution is 2.22. The molecule has 0 heterocycles. The van der Waals surface area contributed by atoms with Gasteiger partial charge in [-0.05, 0) is 20.3 Å². The first-order chi connectivity index (χ1) is 5.66. The molecule has 0 N–H and O–H groups in total. The van der Waals surface area contributed by atoms with Gasteiger partial charge in [0.2, 0.25) is 0 Å². The molecule has 0 aromatic rings. The lowest BCUT2D eigenvalue weighted by Crippen LogP contribution is -2.29. The van der Waals surface area contributed by atoms with Crippen LogP contribution in [0.2, 0.25) is 0 Å². The molecule has 0 atom stereocenters. The van der Waals surface area contributed by atoms with Gasteiger partial charge in [-0.25, -0.2) is 0 Å². The van der Waals surface area contributed by atoms with Gasteiger partial charge >= 0.3 is 12.1 Å². The predicted molar refractivity (Wildman–Crippen MR) is 41.1 cm³/mol. The Bertz CT molecular complexity index is 184. The van der Waals surface area contributed by atoms with Gasteiger partial charge in [-0.15, -0.1) is 0 Å². The number of carbonyl (C=O) groups excluding carboxylic acids is 1. The molecule has 0 aliphatic rings. The van der Waals surface area contributed by atoms with E-state index in [-0.39, 0.29) is 0 Å². The Kier molecular flexibility index (Phi) is 3.75. The smallest absolute Gasteiger partial charge is 0.399 e. The van der Waals surface area contributed by atoms with E-state index in [0.29, 0.717) is 6.42 Å². The third-order valence-corrected chi connectivity index (χ3v) is 1.59. The van der Waals surface area contributed by atoms with Crippen LogP contribution in [0, 0.1) is 0 Å². The van der Waals surface area contributed by atoms with Gasteiger partial charge in [-0.2, -0.15) is 13.2 Å². The summed E-state index contributed by atoms with van der Waals surface area (Å²) in [7, 11) is 0. The molecule has 0 radical (unpaired) electrons. The number of rotatable bonds is 3. The van der Waals surface area contributed by atoms with Crippen LogP contribution in [0.4, 0.5) is 13.2 Å². The van der Waals surface area contributed by atoms with Crippen LogP contribution in [0.3, 0.4) is 0 Å². The van der Waals surface area contributed by atoms with Crippen molar-refractivity contribution in [1.29, 1.82) is 0 Å². The Morgan fingerprint density at radius 3 is 2.08 bits per heavy atom. The van der Waals surface area contributed by atoms with Crippen molar-refractivity contribution >= 4 is 5.97 Å². The van der Waals surface area contributed by atoms with Crippen LogP contribution < -0.4 is 0 Å². The molecule has 13 heavy (non-hydrogen) atoms. The van der Waals surface area contributed by atoms with Crippen LogP contribution in [0.25, 0.3) is 0 Å². The van der Waals surface area contributed by atoms with E-state index in [1.807, 2.05) is 0 Å². The molecule has 0 bridgehead atoms. The molecule has 5 heteroatoms. The molecule has 0 aliphatic heterocycles. The lowest BCUT2D eigenvalue weighted by atomic mass is 10.1. The van der Waals surface area contributed by atoms with E-state index >= 15 is 0 Å².